The van der Waals surface area contributed by atoms with Gasteiger partial charge in [0.1, 0.15) is 28.1 Å². The first-order valence-corrected chi connectivity index (χ1v) is 11.7. The minimum Gasteiger partial charge on any atom is -0.507 e. The first kappa shape index (κ1) is 18.6. The molecular formula is C32H18O3. The number of phenolic OH excluding ortho intramolecular Hbond substituents is 1. The van der Waals surface area contributed by atoms with Crippen molar-refractivity contribution in [3.8, 4) is 16.9 Å². The third kappa shape index (κ3) is 2.50. The lowest BCUT2D eigenvalue weighted by Gasteiger charge is -2.08. The lowest BCUT2D eigenvalue weighted by atomic mass is 9.94. The normalized spacial score (nSPS) is 12.1. The first-order valence-electron chi connectivity index (χ1n) is 11.7. The van der Waals surface area contributed by atoms with E-state index in [4.69, 9.17) is 8.83 Å². The smallest absolute Gasteiger partial charge is 0.143 e. The van der Waals surface area contributed by atoms with Crippen LogP contribution in [0, 0.1) is 0 Å². The number of para-hydroxylation sites is 1. The molecule has 0 atom stereocenters. The SMILES string of the molecule is Oc1cc(-c2cc3ccccc3c3oc4ccccc4c23)cc2oc3c4ccccc4ccc3c12. The molecule has 0 unspecified atom stereocenters. The number of fused-ring (bicyclic) bond motifs is 10. The summed E-state index contributed by atoms with van der Waals surface area (Å²) in [7, 11) is 0. The van der Waals surface area contributed by atoms with Crippen molar-refractivity contribution in [2.75, 3.05) is 0 Å². The molecule has 6 aromatic carbocycles. The third-order valence-corrected chi connectivity index (χ3v) is 7.12. The van der Waals surface area contributed by atoms with Gasteiger partial charge in [0.15, 0.2) is 0 Å². The second-order valence-corrected chi connectivity index (χ2v) is 9.08. The molecule has 35 heavy (non-hydrogen) atoms. The van der Waals surface area contributed by atoms with Gasteiger partial charge in [0.2, 0.25) is 0 Å². The van der Waals surface area contributed by atoms with Crippen LogP contribution in [0.15, 0.2) is 112 Å². The van der Waals surface area contributed by atoms with Gasteiger partial charge >= 0.3 is 0 Å². The molecule has 3 nitrogen and oxygen atoms in total. The van der Waals surface area contributed by atoms with Gasteiger partial charge in [0.25, 0.3) is 0 Å². The van der Waals surface area contributed by atoms with Crippen LogP contribution >= 0.6 is 0 Å². The largest absolute Gasteiger partial charge is 0.507 e. The minimum absolute atomic E-state index is 0.209. The molecule has 0 bridgehead atoms. The van der Waals surface area contributed by atoms with Crippen molar-refractivity contribution >= 4 is 65.4 Å². The zero-order valence-electron chi connectivity index (χ0n) is 18.6. The number of aromatic hydroxyl groups is 1. The maximum Gasteiger partial charge on any atom is 0.143 e. The molecule has 0 saturated carbocycles. The molecule has 0 spiro atoms. The second kappa shape index (κ2) is 6.64. The van der Waals surface area contributed by atoms with Gasteiger partial charge in [0, 0.05) is 26.9 Å². The highest BCUT2D eigenvalue weighted by atomic mass is 16.3. The lowest BCUT2D eigenvalue weighted by Crippen LogP contribution is -1.83. The molecule has 0 aliphatic rings. The fourth-order valence-electron chi connectivity index (χ4n) is 5.55. The molecule has 0 aliphatic heterocycles. The Morgan fingerprint density at radius 3 is 2.03 bits per heavy atom. The van der Waals surface area contributed by atoms with Crippen molar-refractivity contribution in [2.24, 2.45) is 0 Å². The van der Waals surface area contributed by atoms with E-state index in [2.05, 4.69) is 42.5 Å². The van der Waals surface area contributed by atoms with E-state index in [9.17, 15) is 5.11 Å². The van der Waals surface area contributed by atoms with Crippen molar-refractivity contribution in [2.45, 2.75) is 0 Å². The highest BCUT2D eigenvalue weighted by Gasteiger charge is 2.19. The van der Waals surface area contributed by atoms with Gasteiger partial charge in [-0.1, -0.05) is 72.8 Å². The topological polar surface area (TPSA) is 46.5 Å². The summed E-state index contributed by atoms with van der Waals surface area (Å²) >= 11 is 0. The fourth-order valence-corrected chi connectivity index (χ4v) is 5.55. The number of hydrogen-bond donors (Lipinski definition) is 1. The first-order chi connectivity index (χ1) is 17.3. The Morgan fingerprint density at radius 1 is 0.486 bits per heavy atom. The predicted octanol–water partition coefficient (Wildman–Crippen LogP) is 9.16. The van der Waals surface area contributed by atoms with Crippen LogP contribution in [0.5, 0.6) is 5.75 Å². The molecule has 2 heterocycles. The third-order valence-electron chi connectivity index (χ3n) is 7.12. The molecule has 0 aliphatic carbocycles. The highest BCUT2D eigenvalue weighted by Crippen LogP contribution is 2.45. The van der Waals surface area contributed by atoms with Gasteiger partial charge in [-0.05, 0) is 52.2 Å². The number of hydrogen-bond acceptors (Lipinski definition) is 3. The molecule has 3 heteroatoms. The molecule has 8 rings (SSSR count). The maximum absolute atomic E-state index is 11.2. The van der Waals surface area contributed by atoms with E-state index in [0.717, 1.165) is 71.0 Å². The molecule has 8 aromatic rings. The molecule has 0 saturated heterocycles. The van der Waals surface area contributed by atoms with Crippen molar-refractivity contribution < 1.29 is 13.9 Å². The van der Waals surface area contributed by atoms with Gasteiger partial charge < -0.3 is 13.9 Å². The summed E-state index contributed by atoms with van der Waals surface area (Å²) in [4.78, 5) is 0. The van der Waals surface area contributed by atoms with E-state index in [-0.39, 0.29) is 5.75 Å². The number of benzene rings is 6. The van der Waals surface area contributed by atoms with Crippen LogP contribution in [0.3, 0.4) is 0 Å². The van der Waals surface area contributed by atoms with Crippen molar-refractivity contribution in [1.82, 2.24) is 0 Å². The van der Waals surface area contributed by atoms with Crippen LogP contribution in [0.1, 0.15) is 0 Å². The van der Waals surface area contributed by atoms with E-state index < -0.39 is 0 Å². The summed E-state index contributed by atoms with van der Waals surface area (Å²) in [6.45, 7) is 0. The average Bonchev–Trinajstić information content (AvgIpc) is 3.48. The Morgan fingerprint density at radius 2 is 1.17 bits per heavy atom. The standard InChI is InChI=1S/C32H18O3/c33-26-16-20(17-28-30(26)24-14-13-18-7-1-3-9-21(18)31(24)35-28)25-15-19-8-2-4-10-22(19)32-29(25)23-11-5-6-12-27(23)34-32/h1-17,33H. The van der Waals surface area contributed by atoms with Crippen LogP contribution < -0.4 is 0 Å². The van der Waals surface area contributed by atoms with Crippen LogP contribution in [0.25, 0.3) is 76.5 Å². The molecule has 0 amide bonds. The van der Waals surface area contributed by atoms with E-state index in [0.29, 0.717) is 5.58 Å². The Labute approximate surface area is 199 Å². The number of rotatable bonds is 1. The molecule has 2 aromatic heterocycles. The molecule has 1 N–H and O–H groups in total. The van der Waals surface area contributed by atoms with Crippen molar-refractivity contribution in [3.63, 3.8) is 0 Å². The maximum atomic E-state index is 11.2. The van der Waals surface area contributed by atoms with E-state index in [1.54, 1.807) is 0 Å². The molecular weight excluding hydrogens is 432 g/mol. The number of furan rings is 2. The summed E-state index contributed by atoms with van der Waals surface area (Å²) in [5, 5.41) is 19.3. The highest BCUT2D eigenvalue weighted by molar-refractivity contribution is 6.22. The van der Waals surface area contributed by atoms with E-state index in [1.165, 1.54) is 0 Å². The van der Waals surface area contributed by atoms with Gasteiger partial charge in [-0.3, -0.25) is 0 Å². The Hall–Kier alpha value is -4.76. The van der Waals surface area contributed by atoms with Crippen molar-refractivity contribution in [1.29, 1.82) is 0 Å². The van der Waals surface area contributed by atoms with Crippen LogP contribution in [0.4, 0.5) is 0 Å². The molecule has 0 radical (unpaired) electrons. The Balaban J connectivity index is 1.51. The Bertz CT molecular complexity index is 2120. The predicted molar refractivity (Wildman–Crippen MR) is 143 cm³/mol. The average molecular weight is 450 g/mol. The quantitative estimate of drug-likeness (QED) is 0.271. The summed E-state index contributed by atoms with van der Waals surface area (Å²) in [6, 6.07) is 34.7. The fraction of sp³-hybridized carbons (Fsp3) is 0. The van der Waals surface area contributed by atoms with Gasteiger partial charge in [-0.25, -0.2) is 0 Å². The van der Waals surface area contributed by atoms with E-state index >= 15 is 0 Å². The zero-order chi connectivity index (χ0) is 23.1. The van der Waals surface area contributed by atoms with Crippen LogP contribution in [-0.2, 0) is 0 Å². The summed E-state index contributed by atoms with van der Waals surface area (Å²) in [6.07, 6.45) is 0. The molecule has 0 fully saturated rings. The van der Waals surface area contributed by atoms with Gasteiger partial charge in [-0.2, -0.15) is 0 Å². The monoisotopic (exact) mass is 450 g/mol. The Kier molecular flexibility index (Phi) is 3.54. The van der Waals surface area contributed by atoms with Crippen LogP contribution in [0.2, 0.25) is 0 Å². The summed E-state index contributed by atoms with van der Waals surface area (Å²) in [5.41, 5.74) is 5.06. The minimum atomic E-state index is 0.209. The number of phenols is 1. The summed E-state index contributed by atoms with van der Waals surface area (Å²) in [5.74, 6) is 0.209. The van der Waals surface area contributed by atoms with Gasteiger partial charge in [0.05, 0.1) is 5.39 Å². The summed E-state index contributed by atoms with van der Waals surface area (Å²) < 4.78 is 12.7. The van der Waals surface area contributed by atoms with Gasteiger partial charge in [-0.15, -0.1) is 0 Å². The van der Waals surface area contributed by atoms with Crippen molar-refractivity contribution in [3.05, 3.63) is 103 Å². The lowest BCUT2D eigenvalue weighted by molar-refractivity contribution is 0.482. The zero-order valence-corrected chi connectivity index (χ0v) is 18.6. The second-order valence-electron chi connectivity index (χ2n) is 9.08. The van der Waals surface area contributed by atoms with E-state index in [1.807, 2.05) is 60.7 Å². The molecule has 164 valence electrons. The van der Waals surface area contributed by atoms with Crippen LogP contribution in [-0.4, -0.2) is 5.11 Å².